The molecule has 0 aliphatic rings. The molecule has 0 fully saturated rings. The maximum Gasteiger partial charge on any atom is 0.0730 e. The molecule has 4 aromatic carbocycles. The molecule has 0 amide bonds. The number of hydrogen-bond acceptors (Lipinski definition) is 3. The van der Waals surface area contributed by atoms with Crippen LogP contribution in [0.3, 0.4) is 0 Å². The van der Waals surface area contributed by atoms with E-state index >= 15 is 0 Å². The Morgan fingerprint density at radius 2 is 0.968 bits per heavy atom. The van der Waals surface area contributed by atoms with Crippen molar-refractivity contribution in [2.45, 2.75) is 13.1 Å². The molecule has 0 saturated heterocycles. The molecule has 5 aromatic rings. The first kappa shape index (κ1) is 20.7. The normalized spacial score (nSPS) is 10.6. The summed E-state index contributed by atoms with van der Waals surface area (Å²) >= 11 is 0. The smallest absolute Gasteiger partial charge is 0.0730 e. The summed E-state index contributed by atoms with van der Waals surface area (Å²) in [5.74, 6) is 0. The summed E-state index contributed by atoms with van der Waals surface area (Å²) in [4.78, 5) is 4.93. The van der Waals surface area contributed by atoms with Crippen LogP contribution < -0.4 is 10.6 Å². The first-order valence-corrected chi connectivity index (χ1v) is 10.2. The number of aromatic nitrogens is 1. The lowest BCUT2D eigenvalue weighted by Gasteiger charge is -2.10. The fourth-order valence-electron chi connectivity index (χ4n) is 3.64. The van der Waals surface area contributed by atoms with Gasteiger partial charge in [0.1, 0.15) is 0 Å². The van der Waals surface area contributed by atoms with E-state index in [4.69, 9.17) is 4.98 Å². The molecule has 0 radical (unpaired) electrons. The van der Waals surface area contributed by atoms with Crippen LogP contribution in [0.4, 0.5) is 11.4 Å². The summed E-state index contributed by atoms with van der Waals surface area (Å²) in [5.41, 5.74) is 6.69. The van der Waals surface area contributed by atoms with Crippen molar-refractivity contribution in [1.82, 2.24) is 4.98 Å². The first-order chi connectivity index (χ1) is 14.8. The van der Waals surface area contributed by atoms with Crippen molar-refractivity contribution in [1.29, 1.82) is 0 Å². The highest BCUT2D eigenvalue weighted by molar-refractivity contribution is 5.95. The number of nitrogens with one attached hydrogen (secondary N) is 2. The van der Waals surface area contributed by atoms with E-state index in [-0.39, 0.29) is 12.4 Å². The van der Waals surface area contributed by atoms with Crippen molar-refractivity contribution >= 4 is 45.6 Å². The molecular weight excluding hydrogens is 402 g/mol. The van der Waals surface area contributed by atoms with Crippen molar-refractivity contribution in [2.75, 3.05) is 10.6 Å². The number of pyridine rings is 1. The largest absolute Gasteiger partial charge is 0.381 e. The van der Waals surface area contributed by atoms with Crippen LogP contribution in [-0.2, 0) is 13.1 Å². The number of anilines is 2. The Morgan fingerprint density at radius 1 is 0.516 bits per heavy atom. The number of benzene rings is 4. The molecule has 3 nitrogen and oxygen atoms in total. The standard InChI is InChI=1S/C27H23N3.ClH/c1-3-7-20(8-4-1)18-28-24-13-11-22-15-23-12-14-25(17-27(23)30-26(22)16-24)29-19-21-9-5-2-6-10-21;/h1-17,28-29H,18-19H2;1H. The lowest BCUT2D eigenvalue weighted by atomic mass is 10.1. The molecule has 5 rings (SSSR count). The van der Waals surface area contributed by atoms with Gasteiger partial charge in [0.25, 0.3) is 0 Å². The minimum Gasteiger partial charge on any atom is -0.381 e. The van der Waals surface area contributed by atoms with Crippen LogP contribution in [0.5, 0.6) is 0 Å². The number of rotatable bonds is 6. The first-order valence-electron chi connectivity index (χ1n) is 10.2. The van der Waals surface area contributed by atoms with Crippen molar-refractivity contribution in [3.05, 3.63) is 114 Å². The van der Waals surface area contributed by atoms with Gasteiger partial charge in [0.05, 0.1) is 11.0 Å². The van der Waals surface area contributed by atoms with Gasteiger partial charge in [-0.15, -0.1) is 12.4 Å². The molecule has 2 N–H and O–H groups in total. The Labute approximate surface area is 188 Å². The summed E-state index contributed by atoms with van der Waals surface area (Å²) in [7, 11) is 0. The van der Waals surface area contributed by atoms with Gasteiger partial charge in [0.15, 0.2) is 0 Å². The summed E-state index contributed by atoms with van der Waals surface area (Å²) in [5, 5.41) is 9.30. The van der Waals surface area contributed by atoms with E-state index < -0.39 is 0 Å². The van der Waals surface area contributed by atoms with Crippen LogP contribution >= 0.6 is 12.4 Å². The monoisotopic (exact) mass is 425 g/mol. The molecule has 0 bridgehead atoms. The topological polar surface area (TPSA) is 37.0 Å². The van der Waals surface area contributed by atoms with Gasteiger partial charge in [-0.3, -0.25) is 0 Å². The molecule has 0 aliphatic carbocycles. The predicted octanol–water partition coefficient (Wildman–Crippen LogP) is 7.03. The molecule has 0 saturated carbocycles. The van der Waals surface area contributed by atoms with Gasteiger partial charge in [0.2, 0.25) is 0 Å². The van der Waals surface area contributed by atoms with Crippen LogP contribution in [0.25, 0.3) is 21.8 Å². The molecule has 31 heavy (non-hydrogen) atoms. The fourth-order valence-corrected chi connectivity index (χ4v) is 3.64. The van der Waals surface area contributed by atoms with E-state index in [1.807, 2.05) is 12.1 Å². The number of nitrogens with zero attached hydrogens (tertiary/aromatic N) is 1. The van der Waals surface area contributed by atoms with Gasteiger partial charge < -0.3 is 10.6 Å². The molecule has 154 valence electrons. The van der Waals surface area contributed by atoms with Gasteiger partial charge in [-0.2, -0.15) is 0 Å². The zero-order chi connectivity index (χ0) is 20.2. The zero-order valence-corrected chi connectivity index (χ0v) is 17.9. The Balaban J connectivity index is 0.00000231. The molecule has 0 unspecified atom stereocenters. The van der Waals surface area contributed by atoms with Crippen LogP contribution in [0, 0.1) is 0 Å². The van der Waals surface area contributed by atoms with Gasteiger partial charge in [-0.05, 0) is 41.5 Å². The molecule has 4 heteroatoms. The Bertz CT molecular complexity index is 1190. The van der Waals surface area contributed by atoms with E-state index in [0.717, 1.165) is 46.3 Å². The van der Waals surface area contributed by atoms with Crippen molar-refractivity contribution in [3.63, 3.8) is 0 Å². The molecular formula is C27H24ClN3. The quantitative estimate of drug-likeness (QED) is 0.286. The van der Waals surface area contributed by atoms with E-state index in [0.29, 0.717) is 0 Å². The zero-order valence-electron chi connectivity index (χ0n) is 17.1. The van der Waals surface area contributed by atoms with E-state index in [9.17, 15) is 0 Å². The van der Waals surface area contributed by atoms with Gasteiger partial charge in [0, 0.05) is 35.2 Å². The molecule has 0 spiro atoms. The summed E-state index contributed by atoms with van der Waals surface area (Å²) in [6, 6.07) is 35.8. The third-order valence-electron chi connectivity index (χ3n) is 5.29. The Kier molecular flexibility index (Phi) is 6.34. The van der Waals surface area contributed by atoms with E-state index in [1.165, 1.54) is 11.1 Å². The third-order valence-corrected chi connectivity index (χ3v) is 5.29. The second-order valence-corrected chi connectivity index (χ2v) is 7.48. The number of hydrogen-bond donors (Lipinski definition) is 2. The molecule has 1 aromatic heterocycles. The summed E-state index contributed by atoms with van der Waals surface area (Å²) in [6.45, 7) is 1.60. The van der Waals surface area contributed by atoms with Crippen molar-refractivity contribution < 1.29 is 0 Å². The molecule has 0 atom stereocenters. The van der Waals surface area contributed by atoms with E-state index in [2.05, 4.69) is 102 Å². The second kappa shape index (κ2) is 9.50. The highest BCUT2D eigenvalue weighted by Gasteiger charge is 2.04. The van der Waals surface area contributed by atoms with Crippen molar-refractivity contribution in [3.8, 4) is 0 Å². The highest BCUT2D eigenvalue weighted by Crippen LogP contribution is 2.25. The molecule has 0 aliphatic heterocycles. The number of halogens is 1. The minimum atomic E-state index is 0. The third kappa shape index (κ3) is 4.96. The lowest BCUT2D eigenvalue weighted by Crippen LogP contribution is -1.99. The van der Waals surface area contributed by atoms with Gasteiger partial charge in [-0.25, -0.2) is 4.98 Å². The predicted molar refractivity (Wildman–Crippen MR) is 134 cm³/mol. The van der Waals surface area contributed by atoms with Crippen LogP contribution in [0.15, 0.2) is 103 Å². The van der Waals surface area contributed by atoms with Crippen LogP contribution in [0.1, 0.15) is 11.1 Å². The average Bonchev–Trinajstić information content (AvgIpc) is 2.81. The van der Waals surface area contributed by atoms with Crippen LogP contribution in [0.2, 0.25) is 0 Å². The van der Waals surface area contributed by atoms with Gasteiger partial charge >= 0.3 is 0 Å². The van der Waals surface area contributed by atoms with Crippen LogP contribution in [-0.4, -0.2) is 4.98 Å². The summed E-state index contributed by atoms with van der Waals surface area (Å²) in [6.07, 6.45) is 0. The van der Waals surface area contributed by atoms with Gasteiger partial charge in [-0.1, -0.05) is 72.8 Å². The highest BCUT2D eigenvalue weighted by atomic mass is 35.5. The molecule has 1 heterocycles. The lowest BCUT2D eigenvalue weighted by molar-refractivity contribution is 1.15. The van der Waals surface area contributed by atoms with Crippen molar-refractivity contribution in [2.24, 2.45) is 0 Å². The number of fused-ring (bicyclic) bond motifs is 2. The average molecular weight is 426 g/mol. The second-order valence-electron chi connectivity index (χ2n) is 7.48. The Hall–Kier alpha value is -3.56. The maximum atomic E-state index is 4.93. The summed E-state index contributed by atoms with van der Waals surface area (Å²) < 4.78 is 0. The van der Waals surface area contributed by atoms with E-state index in [1.54, 1.807) is 0 Å². The maximum absolute atomic E-state index is 4.93. The minimum absolute atomic E-state index is 0. The Morgan fingerprint density at radius 3 is 1.42 bits per heavy atom. The fraction of sp³-hybridized carbons (Fsp3) is 0.0741. The SMILES string of the molecule is Cl.c1ccc(CNc2ccc3cc4ccc(NCc5ccccc5)cc4nc3c2)cc1.